The molecule has 27 heavy (non-hydrogen) atoms. The number of fused-ring (bicyclic) bond motifs is 1. The molecule has 1 N–H and O–H groups in total. The Labute approximate surface area is 156 Å². The fourth-order valence-electron chi connectivity index (χ4n) is 3.16. The molecule has 0 radical (unpaired) electrons. The van der Waals surface area contributed by atoms with E-state index in [9.17, 15) is 9.59 Å². The Morgan fingerprint density at radius 1 is 1.22 bits per heavy atom. The number of urea groups is 1. The van der Waals surface area contributed by atoms with Crippen molar-refractivity contribution in [2.75, 3.05) is 37.9 Å². The number of rotatable bonds is 7. The summed E-state index contributed by atoms with van der Waals surface area (Å²) in [5, 5.41) is 2.86. The third kappa shape index (κ3) is 3.81. The molecule has 1 aromatic carbocycles. The van der Waals surface area contributed by atoms with Crippen molar-refractivity contribution >= 4 is 17.6 Å². The number of amides is 3. The molecule has 0 bridgehead atoms. The molecule has 3 amide bonds. The molecule has 9 nitrogen and oxygen atoms in total. The van der Waals surface area contributed by atoms with Gasteiger partial charge in [0.1, 0.15) is 6.54 Å². The average Bonchev–Trinajstić information content (AvgIpc) is 3.40. The zero-order valence-electron chi connectivity index (χ0n) is 14.8. The first-order valence-electron chi connectivity index (χ1n) is 8.89. The van der Waals surface area contributed by atoms with Gasteiger partial charge in [0.2, 0.25) is 12.7 Å². The molecule has 2 aliphatic heterocycles. The van der Waals surface area contributed by atoms with Crippen molar-refractivity contribution in [2.24, 2.45) is 0 Å². The van der Waals surface area contributed by atoms with E-state index in [-0.39, 0.29) is 25.3 Å². The van der Waals surface area contributed by atoms with Crippen LogP contribution in [0.15, 0.2) is 36.9 Å². The summed E-state index contributed by atoms with van der Waals surface area (Å²) < 4.78 is 12.6. The fraction of sp³-hybridized carbons (Fsp3) is 0.389. The van der Waals surface area contributed by atoms with E-state index in [2.05, 4.69) is 10.3 Å². The van der Waals surface area contributed by atoms with Gasteiger partial charge in [0.15, 0.2) is 11.5 Å². The second-order valence-corrected chi connectivity index (χ2v) is 6.40. The van der Waals surface area contributed by atoms with Crippen LogP contribution in [-0.2, 0) is 11.3 Å². The van der Waals surface area contributed by atoms with E-state index in [0.29, 0.717) is 31.1 Å². The van der Waals surface area contributed by atoms with Gasteiger partial charge in [0.25, 0.3) is 0 Å². The minimum Gasteiger partial charge on any atom is -0.454 e. The predicted octanol–water partition coefficient (Wildman–Crippen LogP) is 1.06. The highest BCUT2D eigenvalue weighted by Crippen LogP contribution is 2.36. The molecule has 2 aliphatic rings. The Kier molecular flexibility index (Phi) is 4.82. The third-order valence-corrected chi connectivity index (χ3v) is 4.57. The van der Waals surface area contributed by atoms with Crippen LogP contribution in [0.25, 0.3) is 0 Å². The maximum atomic E-state index is 12.6. The quantitative estimate of drug-likeness (QED) is 0.735. The van der Waals surface area contributed by atoms with Crippen LogP contribution in [0.1, 0.15) is 6.42 Å². The summed E-state index contributed by atoms with van der Waals surface area (Å²) in [7, 11) is 0. The van der Waals surface area contributed by atoms with E-state index < -0.39 is 0 Å². The second kappa shape index (κ2) is 7.56. The van der Waals surface area contributed by atoms with Gasteiger partial charge in [-0.1, -0.05) is 0 Å². The lowest BCUT2D eigenvalue weighted by atomic mass is 10.2. The van der Waals surface area contributed by atoms with E-state index >= 15 is 0 Å². The van der Waals surface area contributed by atoms with Gasteiger partial charge in [-0.15, -0.1) is 0 Å². The van der Waals surface area contributed by atoms with Crippen LogP contribution >= 0.6 is 0 Å². The fourth-order valence-corrected chi connectivity index (χ4v) is 3.16. The zero-order valence-corrected chi connectivity index (χ0v) is 14.8. The maximum Gasteiger partial charge on any atom is 0.325 e. The minimum atomic E-state index is -0.178. The average molecular weight is 371 g/mol. The summed E-state index contributed by atoms with van der Waals surface area (Å²) in [6.07, 6.45) is 6.16. The number of carbonyl (C=O) groups is 2. The molecule has 0 spiro atoms. The molecule has 0 aliphatic carbocycles. The lowest BCUT2D eigenvalue weighted by molar-refractivity contribution is -0.121. The van der Waals surface area contributed by atoms with Crippen molar-refractivity contribution in [2.45, 2.75) is 13.0 Å². The van der Waals surface area contributed by atoms with Crippen molar-refractivity contribution in [3.63, 3.8) is 0 Å². The number of benzene rings is 1. The van der Waals surface area contributed by atoms with Crippen LogP contribution in [0.4, 0.5) is 10.5 Å². The van der Waals surface area contributed by atoms with Crippen LogP contribution in [-0.4, -0.2) is 59.4 Å². The molecule has 0 saturated carbocycles. The summed E-state index contributed by atoms with van der Waals surface area (Å²) in [4.78, 5) is 31.9. The first-order chi connectivity index (χ1) is 13.2. The number of ether oxygens (including phenoxy) is 2. The summed E-state index contributed by atoms with van der Waals surface area (Å²) in [6, 6.07) is 5.23. The van der Waals surface area contributed by atoms with Crippen molar-refractivity contribution in [3.8, 4) is 11.5 Å². The van der Waals surface area contributed by atoms with Crippen molar-refractivity contribution in [3.05, 3.63) is 36.9 Å². The van der Waals surface area contributed by atoms with E-state index in [4.69, 9.17) is 9.47 Å². The van der Waals surface area contributed by atoms with E-state index in [1.54, 1.807) is 34.5 Å². The molecule has 2 aromatic rings. The van der Waals surface area contributed by atoms with Crippen LogP contribution in [0.5, 0.6) is 11.5 Å². The minimum absolute atomic E-state index is 0.0605. The molecular formula is C18H21N5O4. The Bertz CT molecular complexity index is 823. The number of nitrogens with one attached hydrogen (secondary N) is 1. The first-order valence-corrected chi connectivity index (χ1v) is 8.89. The van der Waals surface area contributed by atoms with E-state index in [1.807, 2.05) is 16.8 Å². The number of aromatic nitrogens is 2. The second-order valence-electron chi connectivity index (χ2n) is 6.40. The van der Waals surface area contributed by atoms with Crippen LogP contribution in [0, 0.1) is 0 Å². The van der Waals surface area contributed by atoms with Gasteiger partial charge < -0.3 is 24.3 Å². The molecule has 0 atom stereocenters. The van der Waals surface area contributed by atoms with E-state index in [0.717, 1.165) is 18.7 Å². The van der Waals surface area contributed by atoms with Gasteiger partial charge in [-0.25, -0.2) is 9.78 Å². The van der Waals surface area contributed by atoms with Gasteiger partial charge in [-0.05, 0) is 18.6 Å². The molecule has 142 valence electrons. The maximum absolute atomic E-state index is 12.6. The highest BCUT2D eigenvalue weighted by molar-refractivity contribution is 5.96. The lowest BCUT2D eigenvalue weighted by Gasteiger charge is -2.18. The molecule has 9 heteroatoms. The van der Waals surface area contributed by atoms with Gasteiger partial charge >= 0.3 is 6.03 Å². The summed E-state index contributed by atoms with van der Waals surface area (Å²) in [6.45, 7) is 2.65. The molecule has 3 heterocycles. The highest BCUT2D eigenvalue weighted by atomic mass is 16.7. The third-order valence-electron chi connectivity index (χ3n) is 4.57. The highest BCUT2D eigenvalue weighted by Gasteiger charge is 2.31. The Balaban J connectivity index is 1.25. The number of nitrogens with zero attached hydrogens (tertiary/aromatic N) is 4. The molecule has 1 saturated heterocycles. The lowest BCUT2D eigenvalue weighted by Crippen LogP contribution is -2.40. The standard InChI is InChI=1S/C18H21N5O4/c24-17(20-4-1-6-21-7-5-19-12-21)11-22-8-9-23(18(22)25)14-2-3-15-16(10-14)27-13-26-15/h2-3,5,7,10,12H,1,4,6,8-9,11,13H2,(H,20,24). The Morgan fingerprint density at radius 3 is 2.96 bits per heavy atom. The number of imidazole rings is 1. The van der Waals surface area contributed by atoms with Crippen molar-refractivity contribution in [1.29, 1.82) is 0 Å². The van der Waals surface area contributed by atoms with Gasteiger partial charge in [-0.3, -0.25) is 9.69 Å². The van der Waals surface area contributed by atoms with Crippen molar-refractivity contribution < 1.29 is 19.1 Å². The topological polar surface area (TPSA) is 88.9 Å². The van der Waals surface area contributed by atoms with Gasteiger partial charge in [0, 0.05) is 50.3 Å². The molecule has 1 aromatic heterocycles. The normalized spacial score (nSPS) is 15.5. The summed E-state index contributed by atoms with van der Waals surface area (Å²) >= 11 is 0. The molecule has 1 fully saturated rings. The monoisotopic (exact) mass is 371 g/mol. The first kappa shape index (κ1) is 17.2. The van der Waals surface area contributed by atoms with E-state index in [1.165, 1.54) is 0 Å². The number of carbonyl (C=O) groups excluding carboxylic acids is 2. The Hall–Kier alpha value is -3.23. The SMILES string of the molecule is O=C(CN1CCN(c2ccc3c(c2)OCO3)C1=O)NCCCn1ccnc1. The molecule has 0 unspecified atom stereocenters. The molecular weight excluding hydrogens is 350 g/mol. The Morgan fingerprint density at radius 2 is 2.11 bits per heavy atom. The van der Waals surface area contributed by atoms with Crippen molar-refractivity contribution in [1.82, 2.24) is 19.8 Å². The van der Waals surface area contributed by atoms with Crippen LogP contribution < -0.4 is 19.7 Å². The largest absolute Gasteiger partial charge is 0.454 e. The molecule has 4 rings (SSSR count). The summed E-state index contributed by atoms with van der Waals surface area (Å²) in [5.41, 5.74) is 0.743. The number of hydrogen-bond donors (Lipinski definition) is 1. The van der Waals surface area contributed by atoms with Gasteiger partial charge in [0.05, 0.1) is 6.33 Å². The number of hydrogen-bond acceptors (Lipinski definition) is 5. The number of aryl methyl sites for hydroxylation is 1. The summed E-state index contributed by atoms with van der Waals surface area (Å²) in [5.74, 6) is 1.16. The predicted molar refractivity (Wildman–Crippen MR) is 96.7 cm³/mol. The number of anilines is 1. The smallest absolute Gasteiger partial charge is 0.325 e. The van der Waals surface area contributed by atoms with Crippen LogP contribution in [0.2, 0.25) is 0 Å². The van der Waals surface area contributed by atoms with Crippen LogP contribution in [0.3, 0.4) is 0 Å². The van der Waals surface area contributed by atoms with Gasteiger partial charge in [-0.2, -0.15) is 0 Å². The zero-order chi connectivity index (χ0) is 18.6.